The molecule has 5 heteroatoms. The molecule has 4 atom stereocenters. The van der Waals surface area contributed by atoms with Crippen molar-refractivity contribution in [2.75, 3.05) is 26.2 Å². The minimum atomic E-state index is -0.296. The van der Waals surface area contributed by atoms with E-state index in [1.807, 2.05) is 0 Å². The smallest absolute Gasteiger partial charge is 0.224 e. The van der Waals surface area contributed by atoms with Crippen molar-refractivity contribution in [3.8, 4) is 0 Å². The van der Waals surface area contributed by atoms with Crippen LogP contribution in [-0.4, -0.2) is 48.7 Å². The monoisotopic (exact) mass is 346 g/mol. The fourth-order valence-electron chi connectivity index (χ4n) is 5.17. The van der Waals surface area contributed by atoms with Gasteiger partial charge in [-0.2, -0.15) is 0 Å². The van der Waals surface area contributed by atoms with E-state index in [1.165, 1.54) is 18.6 Å². The molecule has 2 bridgehead atoms. The number of halogens is 1. The average Bonchev–Trinajstić information content (AvgIpc) is 3.21. The highest BCUT2D eigenvalue weighted by molar-refractivity contribution is 5.78. The van der Waals surface area contributed by atoms with Gasteiger partial charge in [-0.25, -0.2) is 4.39 Å². The van der Waals surface area contributed by atoms with Gasteiger partial charge in [0.05, 0.1) is 18.1 Å². The fraction of sp³-hybridized carbons (Fsp3) is 0.650. The quantitative estimate of drug-likeness (QED) is 0.860. The van der Waals surface area contributed by atoms with Crippen molar-refractivity contribution in [3.05, 3.63) is 35.6 Å². The van der Waals surface area contributed by atoms with Crippen LogP contribution in [0.15, 0.2) is 24.3 Å². The number of ether oxygens (including phenoxy) is 1. The number of nitrogens with zero attached hydrogens (tertiary/aromatic N) is 1. The van der Waals surface area contributed by atoms with E-state index in [9.17, 15) is 9.18 Å². The summed E-state index contributed by atoms with van der Waals surface area (Å²) < 4.78 is 19.6. The third kappa shape index (κ3) is 3.20. The summed E-state index contributed by atoms with van der Waals surface area (Å²) in [5, 5.41) is 3.07. The van der Waals surface area contributed by atoms with E-state index in [1.54, 1.807) is 12.1 Å². The first kappa shape index (κ1) is 17.0. The van der Waals surface area contributed by atoms with E-state index >= 15 is 0 Å². The number of hydrogen-bond acceptors (Lipinski definition) is 3. The van der Waals surface area contributed by atoms with Crippen molar-refractivity contribution in [2.24, 2.45) is 11.8 Å². The molecular formula is C20H27FN2O2. The summed E-state index contributed by atoms with van der Waals surface area (Å²) >= 11 is 0. The van der Waals surface area contributed by atoms with E-state index in [0.717, 1.165) is 32.5 Å². The molecule has 3 heterocycles. The van der Waals surface area contributed by atoms with Crippen LogP contribution in [-0.2, 0) is 16.0 Å². The summed E-state index contributed by atoms with van der Waals surface area (Å²) in [5.74, 6) is 0.612. The second-order valence-corrected chi connectivity index (χ2v) is 7.88. The fourth-order valence-corrected chi connectivity index (χ4v) is 5.17. The van der Waals surface area contributed by atoms with Crippen LogP contribution in [0.2, 0.25) is 0 Å². The molecule has 3 aliphatic rings. The predicted octanol–water partition coefficient (Wildman–Crippen LogP) is 2.37. The lowest BCUT2D eigenvalue weighted by atomic mass is 9.73. The van der Waals surface area contributed by atoms with Crippen LogP contribution in [0.25, 0.3) is 0 Å². The second-order valence-electron chi connectivity index (χ2n) is 7.88. The SMILES string of the molecule is CCCN1C[C@@H]2[C@H](CNC(=O)Cc3cccc(F)c3)[C@H]3CC[C@]2(C1)O3. The van der Waals surface area contributed by atoms with Gasteiger partial charge in [0.25, 0.3) is 0 Å². The summed E-state index contributed by atoms with van der Waals surface area (Å²) in [4.78, 5) is 14.8. The minimum Gasteiger partial charge on any atom is -0.370 e. The molecule has 1 spiro atoms. The Balaban J connectivity index is 1.34. The van der Waals surface area contributed by atoms with Gasteiger partial charge in [0.15, 0.2) is 0 Å². The van der Waals surface area contributed by atoms with Gasteiger partial charge in [-0.15, -0.1) is 0 Å². The Morgan fingerprint density at radius 2 is 2.36 bits per heavy atom. The maximum absolute atomic E-state index is 13.2. The van der Waals surface area contributed by atoms with Gasteiger partial charge < -0.3 is 15.0 Å². The predicted molar refractivity (Wildman–Crippen MR) is 93.7 cm³/mol. The number of hydrogen-bond donors (Lipinski definition) is 1. The molecule has 25 heavy (non-hydrogen) atoms. The molecule has 0 aliphatic carbocycles. The number of carbonyl (C=O) groups excluding carboxylic acids is 1. The van der Waals surface area contributed by atoms with E-state index in [0.29, 0.717) is 30.0 Å². The molecule has 136 valence electrons. The van der Waals surface area contributed by atoms with Crippen molar-refractivity contribution in [1.29, 1.82) is 0 Å². The zero-order valence-corrected chi connectivity index (χ0v) is 14.8. The Hall–Kier alpha value is -1.46. The molecule has 3 saturated heterocycles. The summed E-state index contributed by atoms with van der Waals surface area (Å²) in [6.45, 7) is 6.16. The maximum Gasteiger partial charge on any atom is 0.224 e. The number of amides is 1. The number of nitrogens with one attached hydrogen (secondary N) is 1. The number of fused-ring (bicyclic) bond motifs is 1. The Kier molecular flexibility index (Phi) is 4.54. The number of likely N-dealkylation sites (tertiary alicyclic amines) is 1. The lowest BCUT2D eigenvalue weighted by molar-refractivity contribution is -0.120. The highest BCUT2D eigenvalue weighted by atomic mass is 19.1. The van der Waals surface area contributed by atoms with Gasteiger partial charge in [0, 0.05) is 31.5 Å². The molecule has 1 aromatic carbocycles. The summed E-state index contributed by atoms with van der Waals surface area (Å²) in [6, 6.07) is 6.26. The van der Waals surface area contributed by atoms with Crippen LogP contribution >= 0.6 is 0 Å². The van der Waals surface area contributed by atoms with Gasteiger partial charge in [-0.1, -0.05) is 19.1 Å². The first-order chi connectivity index (χ1) is 12.1. The average molecular weight is 346 g/mol. The lowest BCUT2D eigenvalue weighted by Crippen LogP contribution is -2.42. The highest BCUT2D eigenvalue weighted by Crippen LogP contribution is 2.54. The Morgan fingerprint density at radius 1 is 1.48 bits per heavy atom. The van der Waals surface area contributed by atoms with Gasteiger partial charge in [-0.3, -0.25) is 4.79 Å². The summed E-state index contributed by atoms with van der Waals surface area (Å²) in [6.07, 6.45) is 3.97. The minimum absolute atomic E-state index is 0.0363. The van der Waals surface area contributed by atoms with Crippen molar-refractivity contribution < 1.29 is 13.9 Å². The number of carbonyl (C=O) groups is 1. The van der Waals surface area contributed by atoms with Crippen molar-refractivity contribution in [2.45, 2.75) is 44.3 Å². The van der Waals surface area contributed by atoms with Crippen molar-refractivity contribution in [3.63, 3.8) is 0 Å². The standard InChI is InChI=1S/C20H27FN2O2/c1-2-8-23-12-17-16(18-6-7-20(17,13-23)25-18)11-22-19(24)10-14-4-3-5-15(21)9-14/h3-5,9,16-18H,2,6-8,10-13H2,1H3,(H,22,24)/t16-,17+,18+,20+/m0/s1. The summed E-state index contributed by atoms with van der Waals surface area (Å²) in [5.41, 5.74) is 0.755. The van der Waals surface area contributed by atoms with Crippen LogP contribution in [0.5, 0.6) is 0 Å². The molecule has 3 aliphatic heterocycles. The van der Waals surface area contributed by atoms with Gasteiger partial charge in [0.2, 0.25) is 5.91 Å². The lowest BCUT2D eigenvalue weighted by Gasteiger charge is -2.29. The van der Waals surface area contributed by atoms with E-state index < -0.39 is 0 Å². The molecule has 1 amide bonds. The van der Waals surface area contributed by atoms with Gasteiger partial charge in [-0.05, 0) is 43.5 Å². The molecule has 3 fully saturated rings. The molecule has 0 aromatic heterocycles. The second kappa shape index (κ2) is 6.69. The first-order valence-corrected chi connectivity index (χ1v) is 9.51. The molecule has 1 N–H and O–H groups in total. The molecule has 0 saturated carbocycles. The summed E-state index contributed by atoms with van der Waals surface area (Å²) in [7, 11) is 0. The first-order valence-electron chi connectivity index (χ1n) is 9.51. The van der Waals surface area contributed by atoms with Crippen LogP contribution < -0.4 is 5.32 Å². The highest BCUT2D eigenvalue weighted by Gasteiger charge is 2.62. The van der Waals surface area contributed by atoms with Gasteiger partial charge >= 0.3 is 0 Å². The van der Waals surface area contributed by atoms with E-state index in [4.69, 9.17) is 4.74 Å². The zero-order chi connectivity index (χ0) is 17.4. The van der Waals surface area contributed by atoms with Crippen molar-refractivity contribution >= 4 is 5.91 Å². The maximum atomic E-state index is 13.2. The van der Waals surface area contributed by atoms with Crippen LogP contribution in [0.3, 0.4) is 0 Å². The number of rotatable bonds is 6. The molecule has 1 aromatic rings. The molecule has 4 nitrogen and oxygen atoms in total. The number of benzene rings is 1. The van der Waals surface area contributed by atoms with Crippen LogP contribution in [0.4, 0.5) is 4.39 Å². The molecule has 4 rings (SSSR count). The molecular weight excluding hydrogens is 319 g/mol. The Bertz CT molecular complexity index is 652. The topological polar surface area (TPSA) is 41.6 Å². The molecule has 0 unspecified atom stereocenters. The largest absolute Gasteiger partial charge is 0.370 e. The molecule has 0 radical (unpaired) electrons. The Labute approximate surface area is 148 Å². The normalized spacial score (nSPS) is 33.6. The third-order valence-electron chi connectivity index (χ3n) is 6.18. The van der Waals surface area contributed by atoms with Gasteiger partial charge in [0.1, 0.15) is 5.82 Å². The van der Waals surface area contributed by atoms with Crippen LogP contribution in [0.1, 0.15) is 31.7 Å². The van der Waals surface area contributed by atoms with Crippen LogP contribution in [0, 0.1) is 17.7 Å². The van der Waals surface area contributed by atoms with Crippen molar-refractivity contribution in [1.82, 2.24) is 10.2 Å². The zero-order valence-electron chi connectivity index (χ0n) is 14.8. The third-order valence-corrected chi connectivity index (χ3v) is 6.18. The Morgan fingerprint density at radius 3 is 3.16 bits per heavy atom. The van der Waals surface area contributed by atoms with E-state index in [-0.39, 0.29) is 23.7 Å². The van der Waals surface area contributed by atoms with E-state index in [2.05, 4.69) is 17.1 Å².